The fourth-order valence-electron chi connectivity index (χ4n) is 0.386. The Kier molecular flexibility index (Phi) is 4.26. The summed E-state index contributed by atoms with van der Waals surface area (Å²) in [5, 5.41) is 9.81. The molecule has 2 N–H and O–H groups in total. The number of hydrogen-bond acceptors (Lipinski definition) is 3. The maximum atomic E-state index is 7.00. The number of likely N-dealkylation sites (N-methyl/N-ethyl adjacent to an activating group) is 1. The first kappa shape index (κ1) is 7.43. The van der Waals surface area contributed by atoms with Crippen molar-refractivity contribution >= 4 is 5.90 Å². The van der Waals surface area contributed by atoms with Gasteiger partial charge in [-0.2, -0.15) is 0 Å². The van der Waals surface area contributed by atoms with Crippen LogP contribution < -0.4 is 5.32 Å². The minimum atomic E-state index is 0.301. The molecule has 8 heavy (non-hydrogen) atoms. The van der Waals surface area contributed by atoms with Gasteiger partial charge < -0.3 is 10.1 Å². The van der Waals surface area contributed by atoms with E-state index in [2.05, 4.69) is 5.32 Å². The van der Waals surface area contributed by atoms with E-state index in [1.54, 1.807) is 7.05 Å². The first-order valence-electron chi connectivity index (χ1n) is 2.66. The summed E-state index contributed by atoms with van der Waals surface area (Å²) in [5.74, 6) is 0.301. The minimum Gasteiger partial charge on any atom is -0.481 e. The zero-order valence-electron chi connectivity index (χ0n) is 5.32. The van der Waals surface area contributed by atoms with E-state index in [1.807, 2.05) is 6.92 Å². The molecular formula is C5H12N2O. The molecule has 0 aliphatic carbocycles. The van der Waals surface area contributed by atoms with Crippen molar-refractivity contribution in [3.05, 3.63) is 0 Å². The molecule has 0 aliphatic rings. The molecule has 48 valence electrons. The van der Waals surface area contributed by atoms with Crippen molar-refractivity contribution in [2.24, 2.45) is 0 Å². The van der Waals surface area contributed by atoms with E-state index in [0.717, 1.165) is 0 Å². The Bertz CT molecular complexity index is 64.8. The lowest BCUT2D eigenvalue weighted by atomic mass is 10.6. The summed E-state index contributed by atoms with van der Waals surface area (Å²) in [7, 11) is 1.79. The van der Waals surface area contributed by atoms with Crippen molar-refractivity contribution in [1.82, 2.24) is 5.32 Å². The summed E-state index contributed by atoms with van der Waals surface area (Å²) in [5.41, 5.74) is 0. The Hall–Kier alpha value is -0.570. The number of nitrogens with one attached hydrogen (secondary N) is 2. The highest BCUT2D eigenvalue weighted by Crippen LogP contribution is 1.73. The molecule has 0 heterocycles. The topological polar surface area (TPSA) is 45.1 Å². The molecule has 0 saturated heterocycles. The molecule has 0 unspecified atom stereocenters. The lowest BCUT2D eigenvalue weighted by Gasteiger charge is -2.01. The molecule has 0 aromatic heterocycles. The van der Waals surface area contributed by atoms with Gasteiger partial charge in [0.2, 0.25) is 0 Å². The third kappa shape index (κ3) is 3.61. The van der Waals surface area contributed by atoms with Gasteiger partial charge in [-0.3, -0.25) is 5.41 Å². The van der Waals surface area contributed by atoms with Gasteiger partial charge in [-0.05, 0) is 14.0 Å². The largest absolute Gasteiger partial charge is 0.481 e. The Morgan fingerprint density at radius 2 is 2.38 bits per heavy atom. The number of ether oxygens (including phenoxy) is 1. The van der Waals surface area contributed by atoms with Crippen molar-refractivity contribution in [1.29, 1.82) is 5.41 Å². The molecule has 3 heteroatoms. The highest BCUT2D eigenvalue weighted by molar-refractivity contribution is 5.74. The second-order valence-corrected chi connectivity index (χ2v) is 1.39. The summed E-state index contributed by atoms with van der Waals surface area (Å²) in [4.78, 5) is 0. The zero-order chi connectivity index (χ0) is 6.41. The van der Waals surface area contributed by atoms with Crippen LogP contribution in [0.2, 0.25) is 0 Å². The fraction of sp³-hybridized carbons (Fsp3) is 0.800. The van der Waals surface area contributed by atoms with Crippen molar-refractivity contribution in [3.63, 3.8) is 0 Å². The average Bonchev–Trinajstić information content (AvgIpc) is 1.68. The van der Waals surface area contributed by atoms with Gasteiger partial charge in [0.1, 0.15) is 0 Å². The van der Waals surface area contributed by atoms with E-state index in [4.69, 9.17) is 10.1 Å². The van der Waals surface area contributed by atoms with E-state index in [1.165, 1.54) is 0 Å². The second-order valence-electron chi connectivity index (χ2n) is 1.39. The standard InChI is InChI=1S/C5H12N2O/c1-3-8-5(6)4-7-2/h6-7H,3-4H2,1-2H3. The first-order chi connectivity index (χ1) is 3.81. The number of hydrogen-bond donors (Lipinski definition) is 2. The Labute approximate surface area is 49.5 Å². The minimum absolute atomic E-state index is 0.301. The van der Waals surface area contributed by atoms with E-state index in [9.17, 15) is 0 Å². The molecule has 0 rings (SSSR count). The quantitative estimate of drug-likeness (QED) is 0.409. The molecule has 0 fully saturated rings. The average molecular weight is 116 g/mol. The van der Waals surface area contributed by atoms with Crippen LogP contribution in [0, 0.1) is 5.41 Å². The SMILES string of the molecule is CCOC(=N)CNC. The lowest BCUT2D eigenvalue weighted by Crippen LogP contribution is -2.19. The molecular weight excluding hydrogens is 104 g/mol. The van der Waals surface area contributed by atoms with Crippen LogP contribution in [-0.2, 0) is 4.74 Å². The van der Waals surface area contributed by atoms with Crippen LogP contribution in [0.15, 0.2) is 0 Å². The highest BCUT2D eigenvalue weighted by Gasteiger charge is 1.89. The molecule has 0 saturated carbocycles. The summed E-state index contributed by atoms with van der Waals surface area (Å²) in [6, 6.07) is 0. The van der Waals surface area contributed by atoms with Gasteiger partial charge in [0.25, 0.3) is 0 Å². The molecule has 0 aromatic rings. The summed E-state index contributed by atoms with van der Waals surface area (Å²) < 4.78 is 4.80. The fourth-order valence-corrected chi connectivity index (χ4v) is 0.386. The summed E-state index contributed by atoms with van der Waals surface area (Å²) in [6.07, 6.45) is 0. The second kappa shape index (κ2) is 4.59. The van der Waals surface area contributed by atoms with Crippen molar-refractivity contribution in [2.75, 3.05) is 20.2 Å². The Morgan fingerprint density at radius 3 is 2.75 bits per heavy atom. The Balaban J connectivity index is 3.06. The van der Waals surface area contributed by atoms with Crippen LogP contribution in [0.25, 0.3) is 0 Å². The maximum absolute atomic E-state index is 7.00. The molecule has 0 radical (unpaired) electrons. The third-order valence-electron chi connectivity index (χ3n) is 0.656. The highest BCUT2D eigenvalue weighted by atomic mass is 16.5. The summed E-state index contributed by atoms with van der Waals surface area (Å²) >= 11 is 0. The van der Waals surface area contributed by atoms with E-state index in [-0.39, 0.29) is 0 Å². The van der Waals surface area contributed by atoms with Gasteiger partial charge in [0, 0.05) is 0 Å². The van der Waals surface area contributed by atoms with Crippen LogP contribution in [0.5, 0.6) is 0 Å². The molecule has 0 atom stereocenters. The van der Waals surface area contributed by atoms with Crippen molar-refractivity contribution in [3.8, 4) is 0 Å². The Morgan fingerprint density at radius 1 is 1.75 bits per heavy atom. The van der Waals surface area contributed by atoms with E-state index < -0.39 is 0 Å². The van der Waals surface area contributed by atoms with Crippen LogP contribution >= 0.6 is 0 Å². The lowest BCUT2D eigenvalue weighted by molar-refractivity contribution is 0.316. The molecule has 3 nitrogen and oxygen atoms in total. The molecule has 0 amide bonds. The normalized spacial score (nSPS) is 8.75. The maximum Gasteiger partial charge on any atom is 0.194 e. The van der Waals surface area contributed by atoms with Crippen LogP contribution in [-0.4, -0.2) is 26.1 Å². The van der Waals surface area contributed by atoms with Gasteiger partial charge in [0.15, 0.2) is 5.90 Å². The van der Waals surface area contributed by atoms with Gasteiger partial charge in [-0.1, -0.05) is 0 Å². The first-order valence-corrected chi connectivity index (χ1v) is 2.66. The van der Waals surface area contributed by atoms with Crippen LogP contribution in [0.4, 0.5) is 0 Å². The number of rotatable bonds is 3. The molecule has 0 spiro atoms. The molecule has 0 aromatic carbocycles. The van der Waals surface area contributed by atoms with Gasteiger partial charge in [0.05, 0.1) is 13.2 Å². The van der Waals surface area contributed by atoms with Crippen molar-refractivity contribution < 1.29 is 4.74 Å². The van der Waals surface area contributed by atoms with E-state index in [0.29, 0.717) is 19.0 Å². The van der Waals surface area contributed by atoms with Gasteiger partial charge in [-0.25, -0.2) is 0 Å². The predicted octanol–water partition coefficient (Wildman–Crippen LogP) is 0.220. The zero-order valence-corrected chi connectivity index (χ0v) is 5.32. The van der Waals surface area contributed by atoms with Gasteiger partial charge in [-0.15, -0.1) is 0 Å². The van der Waals surface area contributed by atoms with Crippen LogP contribution in [0.3, 0.4) is 0 Å². The third-order valence-corrected chi connectivity index (χ3v) is 0.656. The van der Waals surface area contributed by atoms with E-state index >= 15 is 0 Å². The smallest absolute Gasteiger partial charge is 0.194 e. The van der Waals surface area contributed by atoms with Gasteiger partial charge >= 0.3 is 0 Å². The van der Waals surface area contributed by atoms with Crippen molar-refractivity contribution in [2.45, 2.75) is 6.92 Å². The summed E-state index contributed by atoms with van der Waals surface area (Å²) in [6.45, 7) is 2.97. The monoisotopic (exact) mass is 116 g/mol. The molecule has 0 bridgehead atoms. The molecule has 0 aliphatic heterocycles. The predicted molar refractivity (Wildman–Crippen MR) is 33.3 cm³/mol. The van der Waals surface area contributed by atoms with Crippen LogP contribution in [0.1, 0.15) is 6.92 Å².